The van der Waals surface area contributed by atoms with Crippen molar-refractivity contribution >= 4 is 63.5 Å². The van der Waals surface area contributed by atoms with Crippen LogP contribution in [0.2, 0.25) is 10.0 Å². The third-order valence-corrected chi connectivity index (χ3v) is 8.91. The van der Waals surface area contributed by atoms with E-state index in [1.807, 2.05) is 77.6 Å². The summed E-state index contributed by atoms with van der Waals surface area (Å²) in [5, 5.41) is 6.06. The molecule has 0 spiro atoms. The van der Waals surface area contributed by atoms with Gasteiger partial charge in [0.25, 0.3) is 5.91 Å². The van der Waals surface area contributed by atoms with Crippen molar-refractivity contribution in [3.05, 3.63) is 105 Å². The minimum absolute atomic E-state index is 0.0384. The van der Waals surface area contributed by atoms with Crippen molar-refractivity contribution in [1.29, 1.82) is 0 Å². The van der Waals surface area contributed by atoms with Crippen molar-refractivity contribution in [2.75, 3.05) is 6.54 Å². The standard InChI is InChI=1S/C33H31Cl2N3O2S2/c1-2-3-4-5-9-18-37-32(39)30(42-33(37)41)19-25-21-38(27-10-7-6-8-11-27)36-31(25)23-13-16-28(17-14-23)40-22-24-12-15-26(34)20-29(24)35/h6-8,10-17,19-21H,2-5,9,18,22H2,1H3. The molecule has 1 aromatic heterocycles. The molecule has 0 unspecified atom stereocenters. The molecule has 5 rings (SSSR count). The minimum Gasteiger partial charge on any atom is -0.489 e. The lowest BCUT2D eigenvalue weighted by Crippen LogP contribution is -2.29. The van der Waals surface area contributed by atoms with E-state index in [2.05, 4.69) is 6.92 Å². The molecular formula is C33H31Cl2N3O2S2. The van der Waals surface area contributed by atoms with Gasteiger partial charge in [-0.25, -0.2) is 4.68 Å². The van der Waals surface area contributed by atoms with Gasteiger partial charge in [0.15, 0.2) is 0 Å². The van der Waals surface area contributed by atoms with Crippen molar-refractivity contribution in [3.8, 4) is 22.7 Å². The summed E-state index contributed by atoms with van der Waals surface area (Å²) in [5.41, 5.74) is 4.28. The number of hydrogen-bond acceptors (Lipinski definition) is 5. The summed E-state index contributed by atoms with van der Waals surface area (Å²) in [5.74, 6) is 0.664. The highest BCUT2D eigenvalue weighted by Crippen LogP contribution is 2.35. The molecule has 2 heterocycles. The first-order chi connectivity index (χ1) is 20.4. The molecule has 1 aliphatic heterocycles. The second-order valence-electron chi connectivity index (χ2n) is 10.0. The summed E-state index contributed by atoms with van der Waals surface area (Å²) >= 11 is 19.2. The Morgan fingerprint density at radius 1 is 0.976 bits per heavy atom. The van der Waals surface area contributed by atoms with Crippen LogP contribution in [0, 0.1) is 0 Å². The van der Waals surface area contributed by atoms with Gasteiger partial charge in [0.2, 0.25) is 0 Å². The maximum atomic E-state index is 13.3. The Balaban J connectivity index is 1.37. The van der Waals surface area contributed by atoms with E-state index in [4.69, 9.17) is 45.3 Å². The van der Waals surface area contributed by atoms with Crippen molar-refractivity contribution in [2.45, 2.75) is 45.6 Å². The molecule has 0 atom stereocenters. The zero-order valence-electron chi connectivity index (χ0n) is 23.3. The van der Waals surface area contributed by atoms with E-state index in [1.54, 1.807) is 17.0 Å². The van der Waals surface area contributed by atoms with Gasteiger partial charge in [0, 0.05) is 39.5 Å². The van der Waals surface area contributed by atoms with E-state index in [0.29, 0.717) is 38.2 Å². The highest BCUT2D eigenvalue weighted by molar-refractivity contribution is 8.26. The van der Waals surface area contributed by atoms with E-state index in [-0.39, 0.29) is 5.91 Å². The number of carbonyl (C=O) groups is 1. The highest BCUT2D eigenvalue weighted by atomic mass is 35.5. The van der Waals surface area contributed by atoms with Gasteiger partial charge in [-0.05, 0) is 61.0 Å². The fourth-order valence-corrected chi connectivity index (χ4v) is 6.41. The van der Waals surface area contributed by atoms with E-state index < -0.39 is 0 Å². The van der Waals surface area contributed by atoms with Crippen LogP contribution in [0.3, 0.4) is 0 Å². The van der Waals surface area contributed by atoms with Crippen molar-refractivity contribution in [1.82, 2.24) is 14.7 Å². The van der Waals surface area contributed by atoms with Gasteiger partial charge in [-0.15, -0.1) is 0 Å². The maximum Gasteiger partial charge on any atom is 0.266 e. The van der Waals surface area contributed by atoms with Gasteiger partial charge in [0.1, 0.15) is 16.7 Å². The molecule has 42 heavy (non-hydrogen) atoms. The van der Waals surface area contributed by atoms with E-state index in [9.17, 15) is 4.79 Å². The van der Waals surface area contributed by atoms with Gasteiger partial charge in [-0.3, -0.25) is 9.69 Å². The second kappa shape index (κ2) is 14.4. The molecule has 216 valence electrons. The number of aromatic nitrogens is 2. The fraction of sp³-hybridized carbons (Fsp3) is 0.242. The van der Waals surface area contributed by atoms with Crippen LogP contribution in [0.5, 0.6) is 5.75 Å². The topological polar surface area (TPSA) is 47.4 Å². The van der Waals surface area contributed by atoms with Crippen LogP contribution in [0.4, 0.5) is 0 Å². The number of benzene rings is 3. The first-order valence-corrected chi connectivity index (χ1v) is 16.0. The Morgan fingerprint density at radius 3 is 2.48 bits per heavy atom. The SMILES string of the molecule is CCCCCCCN1C(=O)C(=Cc2cn(-c3ccccc3)nc2-c2ccc(OCc3ccc(Cl)cc3Cl)cc2)SC1=S. The number of rotatable bonds is 12. The smallest absolute Gasteiger partial charge is 0.266 e. The molecule has 0 N–H and O–H groups in total. The number of thiocarbonyl (C=S) groups is 1. The Kier molecular flexibility index (Phi) is 10.4. The number of halogens is 2. The molecule has 5 nitrogen and oxygen atoms in total. The Morgan fingerprint density at radius 2 is 1.74 bits per heavy atom. The van der Waals surface area contributed by atoms with Crippen LogP contribution in [-0.4, -0.2) is 31.5 Å². The molecule has 1 amide bonds. The molecule has 0 radical (unpaired) electrons. The molecule has 4 aromatic rings. The number of para-hydroxylation sites is 1. The first kappa shape index (κ1) is 30.4. The molecule has 1 saturated heterocycles. The summed E-state index contributed by atoms with van der Waals surface area (Å²) in [4.78, 5) is 15.7. The van der Waals surface area contributed by atoms with Crippen molar-refractivity contribution in [2.24, 2.45) is 0 Å². The van der Waals surface area contributed by atoms with Crippen LogP contribution in [0.1, 0.15) is 50.2 Å². The quantitative estimate of drug-likeness (QED) is 0.0881. The molecule has 0 aliphatic carbocycles. The largest absolute Gasteiger partial charge is 0.489 e. The normalized spacial score (nSPS) is 14.3. The maximum absolute atomic E-state index is 13.3. The minimum atomic E-state index is -0.0384. The van der Waals surface area contributed by atoms with E-state index in [1.165, 1.54) is 31.0 Å². The lowest BCUT2D eigenvalue weighted by molar-refractivity contribution is -0.122. The predicted octanol–water partition coefficient (Wildman–Crippen LogP) is 9.60. The number of unbranched alkanes of at least 4 members (excludes halogenated alkanes) is 4. The first-order valence-electron chi connectivity index (χ1n) is 14.0. The van der Waals surface area contributed by atoms with Crippen LogP contribution in [0.15, 0.2) is 83.9 Å². The molecule has 1 aliphatic rings. The number of thioether (sulfide) groups is 1. The Labute approximate surface area is 266 Å². The number of nitrogens with zero attached hydrogens (tertiary/aromatic N) is 3. The predicted molar refractivity (Wildman–Crippen MR) is 178 cm³/mol. The average molecular weight is 637 g/mol. The molecular weight excluding hydrogens is 605 g/mol. The fourth-order valence-electron chi connectivity index (χ4n) is 4.65. The summed E-state index contributed by atoms with van der Waals surface area (Å²) in [6.45, 7) is 3.18. The number of carbonyl (C=O) groups excluding carboxylic acids is 1. The van der Waals surface area contributed by atoms with Crippen LogP contribution in [-0.2, 0) is 11.4 Å². The Bertz CT molecular complexity index is 1590. The van der Waals surface area contributed by atoms with Crippen LogP contribution < -0.4 is 4.74 Å². The lowest BCUT2D eigenvalue weighted by atomic mass is 10.1. The zero-order chi connectivity index (χ0) is 29.5. The molecule has 3 aromatic carbocycles. The van der Waals surface area contributed by atoms with Gasteiger partial charge in [-0.1, -0.05) is 104 Å². The monoisotopic (exact) mass is 635 g/mol. The van der Waals surface area contributed by atoms with Gasteiger partial charge in [-0.2, -0.15) is 5.10 Å². The number of ether oxygens (including phenoxy) is 1. The lowest BCUT2D eigenvalue weighted by Gasteiger charge is -2.13. The summed E-state index contributed by atoms with van der Waals surface area (Å²) < 4.78 is 8.42. The van der Waals surface area contributed by atoms with Gasteiger partial charge in [0.05, 0.1) is 16.3 Å². The average Bonchev–Trinajstić information content (AvgIpc) is 3.53. The van der Waals surface area contributed by atoms with Crippen molar-refractivity contribution in [3.63, 3.8) is 0 Å². The van der Waals surface area contributed by atoms with Crippen LogP contribution in [0.25, 0.3) is 23.0 Å². The summed E-state index contributed by atoms with van der Waals surface area (Å²) in [6.07, 6.45) is 9.51. The third kappa shape index (κ3) is 7.45. The van der Waals surface area contributed by atoms with Gasteiger partial charge >= 0.3 is 0 Å². The van der Waals surface area contributed by atoms with Crippen molar-refractivity contribution < 1.29 is 9.53 Å². The van der Waals surface area contributed by atoms with Gasteiger partial charge < -0.3 is 4.74 Å². The summed E-state index contributed by atoms with van der Waals surface area (Å²) in [6, 6.07) is 23.0. The van der Waals surface area contributed by atoms with E-state index in [0.717, 1.165) is 40.9 Å². The number of hydrogen-bond donors (Lipinski definition) is 0. The molecule has 0 bridgehead atoms. The third-order valence-electron chi connectivity index (χ3n) is 6.95. The van der Waals surface area contributed by atoms with Crippen LogP contribution >= 0.6 is 47.2 Å². The highest BCUT2D eigenvalue weighted by Gasteiger charge is 2.32. The van der Waals surface area contributed by atoms with E-state index >= 15 is 0 Å². The zero-order valence-corrected chi connectivity index (χ0v) is 26.4. The second-order valence-corrected chi connectivity index (χ2v) is 12.5. The molecule has 0 saturated carbocycles. The number of amides is 1. The Hall–Kier alpha value is -3.10. The molecule has 1 fully saturated rings. The molecule has 9 heteroatoms. The summed E-state index contributed by atoms with van der Waals surface area (Å²) in [7, 11) is 0.